The fraction of sp³-hybridized carbons (Fsp3) is 0.435. The molecule has 2 aromatic rings. The lowest BCUT2D eigenvalue weighted by Crippen LogP contribution is -2.43. The summed E-state index contributed by atoms with van der Waals surface area (Å²) in [6.45, 7) is 6.95. The Hall–Kier alpha value is -1.84. The zero-order valence-corrected chi connectivity index (χ0v) is 20.3. The van der Waals surface area contributed by atoms with Crippen LogP contribution in [0.25, 0.3) is 0 Å². The summed E-state index contributed by atoms with van der Waals surface area (Å²) in [6, 6.07) is 16.8. The minimum absolute atomic E-state index is 0. The molecule has 3 N–H and O–H groups in total. The van der Waals surface area contributed by atoms with E-state index in [9.17, 15) is 0 Å². The number of ether oxygens (including phenoxy) is 1. The van der Waals surface area contributed by atoms with Crippen LogP contribution in [-0.4, -0.2) is 62.6 Å². The third-order valence-electron chi connectivity index (χ3n) is 5.34. The largest absolute Gasteiger partial charge is 0.497 e. The Morgan fingerprint density at radius 3 is 2.20 bits per heavy atom. The van der Waals surface area contributed by atoms with Crippen LogP contribution in [0, 0.1) is 0 Å². The predicted octanol–water partition coefficient (Wildman–Crippen LogP) is 2.71. The van der Waals surface area contributed by atoms with Gasteiger partial charge >= 0.3 is 0 Å². The van der Waals surface area contributed by atoms with Gasteiger partial charge in [-0.15, -0.1) is 24.0 Å². The molecule has 3 rings (SSSR count). The average molecular weight is 523 g/mol. The number of halogens is 1. The van der Waals surface area contributed by atoms with Crippen molar-refractivity contribution in [3.63, 3.8) is 0 Å². The molecule has 6 nitrogen and oxygen atoms in total. The Morgan fingerprint density at radius 1 is 0.967 bits per heavy atom. The number of likely N-dealkylation sites (N-methyl/N-ethyl adjacent to an activating group) is 1. The summed E-state index contributed by atoms with van der Waals surface area (Å²) in [5.41, 5.74) is 9.77. The van der Waals surface area contributed by atoms with Gasteiger partial charge in [-0.05, 0) is 42.3 Å². The summed E-state index contributed by atoms with van der Waals surface area (Å²) in [6.07, 6.45) is 0.890. The number of nitrogens with two attached hydrogens (primary N) is 1. The van der Waals surface area contributed by atoms with Crippen molar-refractivity contribution in [2.24, 2.45) is 10.7 Å². The third kappa shape index (κ3) is 8.12. The number of piperazine rings is 1. The number of aliphatic imine (C=N–C) groups is 1. The summed E-state index contributed by atoms with van der Waals surface area (Å²) >= 11 is 0. The predicted molar refractivity (Wildman–Crippen MR) is 135 cm³/mol. The van der Waals surface area contributed by atoms with E-state index in [1.54, 1.807) is 7.11 Å². The minimum atomic E-state index is 0. The first-order valence-electron chi connectivity index (χ1n) is 10.3. The Labute approximate surface area is 197 Å². The van der Waals surface area contributed by atoms with Gasteiger partial charge in [0, 0.05) is 39.3 Å². The van der Waals surface area contributed by atoms with Crippen molar-refractivity contribution in [2.45, 2.75) is 19.5 Å². The zero-order chi connectivity index (χ0) is 20.5. The molecule has 0 radical (unpaired) electrons. The van der Waals surface area contributed by atoms with Crippen LogP contribution in [0.15, 0.2) is 53.5 Å². The van der Waals surface area contributed by atoms with Crippen LogP contribution in [0.5, 0.6) is 5.75 Å². The highest BCUT2D eigenvalue weighted by Crippen LogP contribution is 2.12. The van der Waals surface area contributed by atoms with Crippen LogP contribution in [0.3, 0.4) is 0 Å². The molecule has 1 aliphatic rings. The van der Waals surface area contributed by atoms with Crippen LogP contribution in [0.2, 0.25) is 0 Å². The van der Waals surface area contributed by atoms with Gasteiger partial charge in [-0.2, -0.15) is 0 Å². The van der Waals surface area contributed by atoms with Crippen LogP contribution in [0.1, 0.15) is 16.7 Å². The maximum absolute atomic E-state index is 6.00. The van der Waals surface area contributed by atoms with Crippen molar-refractivity contribution < 1.29 is 4.74 Å². The fourth-order valence-electron chi connectivity index (χ4n) is 3.37. The summed E-state index contributed by atoms with van der Waals surface area (Å²) in [4.78, 5) is 9.35. The monoisotopic (exact) mass is 523 g/mol. The van der Waals surface area contributed by atoms with Crippen molar-refractivity contribution in [1.82, 2.24) is 15.1 Å². The maximum Gasteiger partial charge on any atom is 0.188 e. The fourth-order valence-corrected chi connectivity index (χ4v) is 3.37. The average Bonchev–Trinajstić information content (AvgIpc) is 2.75. The first-order chi connectivity index (χ1) is 14.1. The normalized spacial score (nSPS) is 15.5. The topological polar surface area (TPSA) is 66.1 Å². The molecule has 1 aliphatic heterocycles. The second-order valence-corrected chi connectivity index (χ2v) is 7.62. The molecule has 1 fully saturated rings. The highest BCUT2D eigenvalue weighted by atomic mass is 127. The summed E-state index contributed by atoms with van der Waals surface area (Å²) in [5.74, 6) is 1.36. The number of methoxy groups -OCH3 is 1. The summed E-state index contributed by atoms with van der Waals surface area (Å²) in [5, 5.41) is 3.18. The molecular formula is C23H34IN5O. The molecule has 164 valence electrons. The standard InChI is InChI=1S/C23H33N5O.HI/c1-27-13-15-28(16-14-27)18-21-5-3-20(4-6-21)17-26-23(24)25-12-11-19-7-9-22(29-2)10-8-19;/h3-10H,11-18H2,1-2H3,(H3,24,25,26);1H. The Kier molecular flexibility index (Phi) is 10.4. The third-order valence-corrected chi connectivity index (χ3v) is 5.34. The molecule has 1 heterocycles. The van der Waals surface area contributed by atoms with E-state index in [2.05, 4.69) is 63.6 Å². The number of hydrogen-bond donors (Lipinski definition) is 2. The number of hydrogen-bond acceptors (Lipinski definition) is 4. The van der Waals surface area contributed by atoms with Gasteiger partial charge < -0.3 is 20.7 Å². The number of guanidine groups is 1. The lowest BCUT2D eigenvalue weighted by Gasteiger charge is -2.32. The van der Waals surface area contributed by atoms with Gasteiger partial charge in [0.2, 0.25) is 0 Å². The Morgan fingerprint density at radius 2 is 1.57 bits per heavy atom. The molecule has 1 saturated heterocycles. The molecule has 7 heteroatoms. The molecule has 0 atom stereocenters. The van der Waals surface area contributed by atoms with E-state index in [1.807, 2.05) is 12.1 Å². The second kappa shape index (κ2) is 12.8. The van der Waals surface area contributed by atoms with Gasteiger partial charge in [0.1, 0.15) is 5.75 Å². The molecule has 0 aliphatic carbocycles. The number of nitrogens with one attached hydrogen (secondary N) is 1. The Bertz CT molecular complexity index is 771. The smallest absolute Gasteiger partial charge is 0.188 e. The van der Waals surface area contributed by atoms with E-state index in [0.717, 1.165) is 51.4 Å². The summed E-state index contributed by atoms with van der Waals surface area (Å²) in [7, 11) is 3.86. The van der Waals surface area contributed by atoms with Crippen LogP contribution >= 0.6 is 24.0 Å². The molecule has 30 heavy (non-hydrogen) atoms. The van der Waals surface area contributed by atoms with Crippen molar-refractivity contribution >= 4 is 29.9 Å². The van der Waals surface area contributed by atoms with E-state index in [-0.39, 0.29) is 24.0 Å². The first-order valence-corrected chi connectivity index (χ1v) is 10.3. The van der Waals surface area contributed by atoms with E-state index in [0.29, 0.717) is 12.5 Å². The highest BCUT2D eigenvalue weighted by Gasteiger charge is 2.13. The van der Waals surface area contributed by atoms with Gasteiger partial charge in [0.05, 0.1) is 13.7 Å². The van der Waals surface area contributed by atoms with Crippen LogP contribution < -0.4 is 15.8 Å². The molecule has 0 amide bonds. The minimum Gasteiger partial charge on any atom is -0.497 e. The van der Waals surface area contributed by atoms with Gasteiger partial charge in [-0.1, -0.05) is 36.4 Å². The quantitative estimate of drug-likeness (QED) is 0.317. The van der Waals surface area contributed by atoms with E-state index in [4.69, 9.17) is 10.5 Å². The number of benzene rings is 2. The van der Waals surface area contributed by atoms with E-state index in [1.165, 1.54) is 16.7 Å². The van der Waals surface area contributed by atoms with Crippen molar-refractivity contribution in [1.29, 1.82) is 0 Å². The van der Waals surface area contributed by atoms with Crippen molar-refractivity contribution in [3.8, 4) is 5.75 Å². The van der Waals surface area contributed by atoms with Crippen molar-refractivity contribution in [2.75, 3.05) is 46.9 Å². The molecule has 0 spiro atoms. The van der Waals surface area contributed by atoms with Crippen molar-refractivity contribution in [3.05, 3.63) is 65.2 Å². The molecule has 0 saturated carbocycles. The van der Waals surface area contributed by atoms with Gasteiger partial charge in [-0.3, -0.25) is 4.90 Å². The van der Waals surface area contributed by atoms with Gasteiger partial charge in [0.25, 0.3) is 0 Å². The molecule has 2 aromatic carbocycles. The molecule has 0 unspecified atom stereocenters. The first kappa shape index (κ1) is 24.4. The maximum atomic E-state index is 6.00. The Balaban J connectivity index is 0.00000320. The van der Waals surface area contributed by atoms with E-state index < -0.39 is 0 Å². The molecule has 0 bridgehead atoms. The lowest BCUT2D eigenvalue weighted by molar-refractivity contribution is 0.148. The SMILES string of the molecule is COc1ccc(CCNC(N)=NCc2ccc(CN3CCN(C)CC3)cc2)cc1.I. The zero-order valence-electron chi connectivity index (χ0n) is 18.0. The van der Waals surface area contributed by atoms with Crippen LogP contribution in [-0.2, 0) is 19.5 Å². The van der Waals surface area contributed by atoms with Gasteiger partial charge in [-0.25, -0.2) is 4.99 Å². The number of rotatable bonds is 8. The highest BCUT2D eigenvalue weighted by molar-refractivity contribution is 14.0. The van der Waals surface area contributed by atoms with Gasteiger partial charge in [0.15, 0.2) is 5.96 Å². The van der Waals surface area contributed by atoms with E-state index >= 15 is 0 Å². The lowest BCUT2D eigenvalue weighted by atomic mass is 10.1. The number of nitrogens with zero attached hydrogens (tertiary/aromatic N) is 3. The summed E-state index contributed by atoms with van der Waals surface area (Å²) < 4.78 is 5.18. The molecular weight excluding hydrogens is 489 g/mol. The van der Waals surface area contributed by atoms with Crippen LogP contribution in [0.4, 0.5) is 0 Å². The molecule has 0 aromatic heterocycles. The second-order valence-electron chi connectivity index (χ2n) is 7.62.